The SMILES string of the molecule is CN(C)c1ccc(/C=N\N(c2ccc(Cl)cc2)c2ccc3ccccc3c2)c(Cl)c1. The van der Waals surface area contributed by atoms with Gasteiger partial charge in [0.15, 0.2) is 0 Å². The molecular formula is C25H21Cl2N3. The average Bonchev–Trinajstić information content (AvgIpc) is 2.75. The molecule has 0 atom stereocenters. The van der Waals surface area contributed by atoms with E-state index in [0.717, 1.165) is 28.0 Å². The zero-order valence-corrected chi connectivity index (χ0v) is 18.3. The Morgan fingerprint density at radius 3 is 2.07 bits per heavy atom. The minimum Gasteiger partial charge on any atom is -0.378 e. The van der Waals surface area contributed by atoms with Crippen LogP contribution in [-0.4, -0.2) is 20.3 Å². The highest BCUT2D eigenvalue weighted by atomic mass is 35.5. The standard InChI is InChI=1S/C25H21Cl2N3/c1-29(2)23-11-8-20(25(27)16-23)17-28-30(22-13-9-21(26)10-14-22)24-12-7-18-5-3-4-6-19(18)15-24/h3-17H,1-2H3/b28-17-. The van der Waals surface area contributed by atoms with Crippen LogP contribution < -0.4 is 9.91 Å². The van der Waals surface area contributed by atoms with Crippen molar-refractivity contribution < 1.29 is 0 Å². The Kier molecular flexibility index (Phi) is 5.93. The number of hydrazone groups is 1. The van der Waals surface area contributed by atoms with E-state index in [9.17, 15) is 0 Å². The molecule has 150 valence electrons. The molecule has 0 saturated heterocycles. The molecule has 0 spiro atoms. The van der Waals surface area contributed by atoms with Gasteiger partial charge in [0.2, 0.25) is 0 Å². The van der Waals surface area contributed by atoms with Gasteiger partial charge in [0.05, 0.1) is 22.6 Å². The summed E-state index contributed by atoms with van der Waals surface area (Å²) in [6.45, 7) is 0. The second-order valence-electron chi connectivity index (χ2n) is 7.16. The van der Waals surface area contributed by atoms with Crippen molar-refractivity contribution in [3.05, 3.63) is 101 Å². The van der Waals surface area contributed by atoms with Gasteiger partial charge < -0.3 is 4.90 Å². The Bertz CT molecular complexity index is 1200. The van der Waals surface area contributed by atoms with Gasteiger partial charge >= 0.3 is 0 Å². The van der Waals surface area contributed by atoms with Crippen molar-refractivity contribution in [1.82, 2.24) is 0 Å². The second-order valence-corrected chi connectivity index (χ2v) is 8.01. The molecule has 3 nitrogen and oxygen atoms in total. The highest BCUT2D eigenvalue weighted by molar-refractivity contribution is 6.33. The first kappa shape index (κ1) is 20.3. The van der Waals surface area contributed by atoms with Gasteiger partial charge in [-0.1, -0.05) is 53.5 Å². The quantitative estimate of drug-likeness (QED) is 0.241. The highest BCUT2D eigenvalue weighted by Crippen LogP contribution is 2.30. The zero-order chi connectivity index (χ0) is 21.1. The molecule has 0 N–H and O–H groups in total. The van der Waals surface area contributed by atoms with Gasteiger partial charge in [-0.25, -0.2) is 5.01 Å². The first-order chi connectivity index (χ1) is 14.5. The lowest BCUT2D eigenvalue weighted by Crippen LogP contribution is -2.10. The smallest absolute Gasteiger partial charge is 0.0659 e. The van der Waals surface area contributed by atoms with Gasteiger partial charge in [-0.2, -0.15) is 5.10 Å². The fourth-order valence-electron chi connectivity index (χ4n) is 3.19. The van der Waals surface area contributed by atoms with E-state index in [0.29, 0.717) is 10.0 Å². The number of hydrogen-bond acceptors (Lipinski definition) is 3. The summed E-state index contributed by atoms with van der Waals surface area (Å²) < 4.78 is 0. The minimum absolute atomic E-state index is 0.652. The van der Waals surface area contributed by atoms with Crippen molar-refractivity contribution in [1.29, 1.82) is 0 Å². The fraction of sp³-hybridized carbons (Fsp3) is 0.0800. The van der Waals surface area contributed by atoms with E-state index in [2.05, 4.69) is 30.3 Å². The summed E-state index contributed by atoms with van der Waals surface area (Å²) in [6.07, 6.45) is 1.78. The highest BCUT2D eigenvalue weighted by Gasteiger charge is 2.10. The third-order valence-electron chi connectivity index (χ3n) is 4.86. The minimum atomic E-state index is 0.652. The van der Waals surface area contributed by atoms with E-state index >= 15 is 0 Å². The van der Waals surface area contributed by atoms with E-state index in [4.69, 9.17) is 28.3 Å². The van der Waals surface area contributed by atoms with Crippen LogP contribution in [-0.2, 0) is 0 Å². The Morgan fingerprint density at radius 2 is 1.37 bits per heavy atom. The Labute approximate surface area is 186 Å². The lowest BCUT2D eigenvalue weighted by Gasteiger charge is -2.20. The molecule has 4 aromatic rings. The summed E-state index contributed by atoms with van der Waals surface area (Å²) in [6, 6.07) is 28.1. The van der Waals surface area contributed by atoms with Crippen molar-refractivity contribution in [2.75, 3.05) is 24.0 Å². The molecule has 0 bridgehead atoms. The van der Waals surface area contributed by atoms with Crippen LogP contribution in [0.25, 0.3) is 10.8 Å². The maximum absolute atomic E-state index is 6.49. The molecular weight excluding hydrogens is 413 g/mol. The number of nitrogens with zero attached hydrogens (tertiary/aromatic N) is 3. The lowest BCUT2D eigenvalue weighted by molar-refractivity contribution is 1.09. The maximum atomic E-state index is 6.49. The second kappa shape index (κ2) is 8.78. The van der Waals surface area contributed by atoms with E-state index in [1.165, 1.54) is 5.39 Å². The van der Waals surface area contributed by atoms with Gasteiger partial charge in [-0.05, 0) is 65.4 Å². The van der Waals surface area contributed by atoms with Gasteiger partial charge in [-0.3, -0.25) is 0 Å². The third-order valence-corrected chi connectivity index (χ3v) is 5.44. The Hall–Kier alpha value is -3.01. The summed E-state index contributed by atoms with van der Waals surface area (Å²) in [7, 11) is 3.98. The number of rotatable bonds is 5. The van der Waals surface area contributed by atoms with Crippen LogP contribution in [0.15, 0.2) is 90.0 Å². The topological polar surface area (TPSA) is 18.8 Å². The number of halogens is 2. The number of anilines is 3. The van der Waals surface area contributed by atoms with Crippen LogP contribution in [0.5, 0.6) is 0 Å². The monoisotopic (exact) mass is 433 g/mol. The van der Waals surface area contributed by atoms with Gasteiger partial charge in [0, 0.05) is 30.4 Å². The van der Waals surface area contributed by atoms with Crippen LogP contribution >= 0.6 is 23.2 Å². The fourth-order valence-corrected chi connectivity index (χ4v) is 3.54. The Balaban J connectivity index is 1.75. The van der Waals surface area contributed by atoms with Crippen LogP contribution in [0.1, 0.15) is 5.56 Å². The number of benzene rings is 4. The number of hydrogen-bond donors (Lipinski definition) is 0. The number of fused-ring (bicyclic) bond motifs is 1. The predicted molar refractivity (Wildman–Crippen MR) is 131 cm³/mol. The summed E-state index contributed by atoms with van der Waals surface area (Å²) in [5, 5.41) is 10.3. The largest absolute Gasteiger partial charge is 0.378 e. The molecule has 0 aliphatic heterocycles. The normalized spacial score (nSPS) is 11.2. The molecule has 5 heteroatoms. The van der Waals surface area contributed by atoms with E-state index in [-0.39, 0.29) is 0 Å². The molecule has 0 unspecified atom stereocenters. The van der Waals surface area contributed by atoms with Crippen LogP contribution in [0, 0.1) is 0 Å². The van der Waals surface area contributed by atoms with Gasteiger partial charge in [0.25, 0.3) is 0 Å². The van der Waals surface area contributed by atoms with Crippen molar-refractivity contribution in [2.45, 2.75) is 0 Å². The first-order valence-corrected chi connectivity index (χ1v) is 10.3. The van der Waals surface area contributed by atoms with Crippen molar-refractivity contribution in [3.63, 3.8) is 0 Å². The molecule has 30 heavy (non-hydrogen) atoms. The lowest BCUT2D eigenvalue weighted by atomic mass is 10.1. The van der Waals surface area contributed by atoms with Crippen molar-refractivity contribution >= 4 is 57.3 Å². The van der Waals surface area contributed by atoms with Gasteiger partial charge in [0.1, 0.15) is 0 Å². The summed E-state index contributed by atoms with van der Waals surface area (Å²) in [5.74, 6) is 0. The van der Waals surface area contributed by atoms with Crippen LogP contribution in [0.3, 0.4) is 0 Å². The first-order valence-electron chi connectivity index (χ1n) is 9.56. The molecule has 0 aromatic heterocycles. The zero-order valence-electron chi connectivity index (χ0n) is 16.8. The molecule has 0 amide bonds. The molecule has 0 radical (unpaired) electrons. The molecule has 0 aliphatic carbocycles. The molecule has 0 heterocycles. The summed E-state index contributed by atoms with van der Waals surface area (Å²) >= 11 is 12.6. The molecule has 4 rings (SSSR count). The van der Waals surface area contributed by atoms with Crippen LogP contribution in [0.2, 0.25) is 10.0 Å². The summed E-state index contributed by atoms with van der Waals surface area (Å²) in [5.41, 5.74) is 3.75. The third kappa shape index (κ3) is 4.43. The molecule has 0 saturated carbocycles. The van der Waals surface area contributed by atoms with E-state index in [1.807, 2.05) is 78.6 Å². The Morgan fingerprint density at radius 1 is 0.700 bits per heavy atom. The van der Waals surface area contributed by atoms with Gasteiger partial charge in [-0.15, -0.1) is 0 Å². The molecule has 4 aromatic carbocycles. The average molecular weight is 434 g/mol. The van der Waals surface area contributed by atoms with E-state index in [1.54, 1.807) is 6.21 Å². The molecule has 0 aliphatic rings. The van der Waals surface area contributed by atoms with Crippen LogP contribution in [0.4, 0.5) is 17.1 Å². The molecule has 0 fully saturated rings. The summed E-state index contributed by atoms with van der Waals surface area (Å²) in [4.78, 5) is 2.02. The van der Waals surface area contributed by atoms with Crippen molar-refractivity contribution in [3.8, 4) is 0 Å². The van der Waals surface area contributed by atoms with Crippen molar-refractivity contribution in [2.24, 2.45) is 5.10 Å². The predicted octanol–water partition coefficient (Wildman–Crippen LogP) is 7.38. The van der Waals surface area contributed by atoms with E-state index < -0.39 is 0 Å². The maximum Gasteiger partial charge on any atom is 0.0659 e.